The van der Waals surface area contributed by atoms with Crippen molar-refractivity contribution in [2.24, 2.45) is 5.14 Å². The smallest absolute Gasteiger partial charge is 0.240 e. The molecule has 2 aromatic rings. The summed E-state index contributed by atoms with van der Waals surface area (Å²) < 4.78 is 61.5. The van der Waals surface area contributed by atoms with E-state index in [1.807, 2.05) is 0 Å². The van der Waals surface area contributed by atoms with Gasteiger partial charge in [-0.15, -0.1) is 0 Å². The molecule has 0 radical (unpaired) electrons. The maximum Gasteiger partial charge on any atom is 0.240 e. The van der Waals surface area contributed by atoms with Crippen LogP contribution >= 0.6 is 0 Å². The highest BCUT2D eigenvalue weighted by atomic mass is 32.2. The highest BCUT2D eigenvalue weighted by Crippen LogP contribution is 2.27. The molecule has 0 bridgehead atoms. The lowest BCUT2D eigenvalue weighted by Crippen LogP contribution is -2.14. The fraction of sp³-hybridized carbons (Fsp3) is 0.333. The first-order valence-corrected chi connectivity index (χ1v) is 9.53. The summed E-state index contributed by atoms with van der Waals surface area (Å²) in [6, 6.07) is 4.07. The lowest BCUT2D eigenvalue weighted by Gasteiger charge is -2.05. The molecule has 9 heteroatoms. The maximum absolute atomic E-state index is 13.9. The number of sulfonamides is 1. The van der Waals surface area contributed by atoms with Crippen molar-refractivity contribution in [1.29, 1.82) is 0 Å². The normalized spacial score (nSPS) is 12.9. The van der Waals surface area contributed by atoms with Crippen molar-refractivity contribution in [3.8, 4) is 0 Å². The lowest BCUT2D eigenvalue weighted by atomic mass is 10.2. The summed E-state index contributed by atoms with van der Waals surface area (Å²) in [4.78, 5) is -0.343. The van der Waals surface area contributed by atoms with Crippen LogP contribution in [0.3, 0.4) is 0 Å². The Bertz CT molecular complexity index is 885. The number of aromatic nitrogens is 1. The Hall–Kier alpha value is -1.45. The second-order valence-electron chi connectivity index (χ2n) is 4.60. The molecule has 1 aromatic carbocycles. The zero-order valence-corrected chi connectivity index (χ0v) is 12.9. The summed E-state index contributed by atoms with van der Waals surface area (Å²) in [5, 5.41) is 4.97. The third-order valence-corrected chi connectivity index (χ3v) is 5.82. The van der Waals surface area contributed by atoms with Gasteiger partial charge in [0, 0.05) is 18.5 Å². The second kappa shape index (κ2) is 5.39. The van der Waals surface area contributed by atoms with Gasteiger partial charge in [-0.1, -0.05) is 13.0 Å². The minimum atomic E-state index is -4.10. The van der Waals surface area contributed by atoms with Crippen molar-refractivity contribution >= 4 is 30.8 Å². The van der Waals surface area contributed by atoms with E-state index in [2.05, 4.69) is 0 Å². The third-order valence-electron chi connectivity index (χ3n) is 3.21. The molecule has 1 aromatic heterocycles. The molecule has 2 N–H and O–H groups in total. The highest BCUT2D eigenvalue weighted by Gasteiger charge is 2.21. The average molecular weight is 334 g/mol. The van der Waals surface area contributed by atoms with E-state index >= 15 is 0 Å². The molecule has 0 unspecified atom stereocenters. The molecule has 1 heterocycles. The quantitative estimate of drug-likeness (QED) is 0.876. The Labute approximate surface area is 122 Å². The van der Waals surface area contributed by atoms with Gasteiger partial charge in [0.2, 0.25) is 10.0 Å². The molecule has 0 aliphatic heterocycles. The lowest BCUT2D eigenvalue weighted by molar-refractivity contribution is 0.591. The number of hydrogen-bond acceptors (Lipinski definition) is 4. The van der Waals surface area contributed by atoms with E-state index in [-0.39, 0.29) is 28.3 Å². The van der Waals surface area contributed by atoms with Gasteiger partial charge in [0.15, 0.2) is 9.84 Å². The summed E-state index contributed by atoms with van der Waals surface area (Å²) >= 11 is 0. The molecule has 0 fully saturated rings. The van der Waals surface area contributed by atoms with Gasteiger partial charge in [-0.3, -0.25) is 0 Å². The molecule has 6 nitrogen and oxygen atoms in total. The maximum atomic E-state index is 13.9. The number of rotatable bonds is 5. The summed E-state index contributed by atoms with van der Waals surface area (Å²) in [6.45, 7) is 1.56. The van der Waals surface area contributed by atoms with Crippen LogP contribution in [0.4, 0.5) is 4.39 Å². The number of nitrogens with two attached hydrogens (primary N) is 1. The van der Waals surface area contributed by atoms with Gasteiger partial charge in [0.1, 0.15) is 10.7 Å². The monoisotopic (exact) mass is 334 g/mol. The van der Waals surface area contributed by atoms with Crippen LogP contribution in [-0.2, 0) is 26.4 Å². The highest BCUT2D eigenvalue weighted by molar-refractivity contribution is 7.91. The number of aryl methyl sites for hydroxylation is 1. The van der Waals surface area contributed by atoms with Crippen molar-refractivity contribution in [2.75, 3.05) is 11.5 Å². The molecule has 2 rings (SSSR count). The van der Waals surface area contributed by atoms with Crippen LogP contribution in [-0.4, -0.2) is 32.9 Å². The zero-order chi connectivity index (χ0) is 15.8. The Kier molecular flexibility index (Phi) is 4.09. The van der Waals surface area contributed by atoms with Crippen molar-refractivity contribution in [1.82, 2.24) is 4.57 Å². The number of fused-ring (bicyclic) bond motifs is 1. The second-order valence-corrected chi connectivity index (χ2v) is 8.60. The first kappa shape index (κ1) is 15.9. The van der Waals surface area contributed by atoms with Crippen LogP contribution in [0.1, 0.15) is 6.92 Å². The van der Waals surface area contributed by atoms with E-state index in [0.717, 1.165) is 6.07 Å². The molecule has 0 saturated heterocycles. The average Bonchev–Trinajstić information content (AvgIpc) is 2.77. The minimum absolute atomic E-state index is 0.0113. The van der Waals surface area contributed by atoms with Crippen molar-refractivity contribution in [2.45, 2.75) is 18.4 Å². The molecule has 21 heavy (non-hydrogen) atoms. The zero-order valence-electron chi connectivity index (χ0n) is 11.3. The minimum Gasteiger partial charge on any atom is -0.345 e. The van der Waals surface area contributed by atoms with Crippen molar-refractivity contribution in [3.05, 3.63) is 30.2 Å². The number of sulfone groups is 1. The van der Waals surface area contributed by atoms with E-state index in [0.29, 0.717) is 5.52 Å². The van der Waals surface area contributed by atoms with Gasteiger partial charge in [-0.2, -0.15) is 0 Å². The molecular weight excluding hydrogens is 319 g/mol. The molecule has 0 spiro atoms. The van der Waals surface area contributed by atoms with Crippen LogP contribution < -0.4 is 5.14 Å². The van der Waals surface area contributed by atoms with Crippen LogP contribution in [0.25, 0.3) is 10.9 Å². The summed E-state index contributed by atoms with van der Waals surface area (Å²) in [7, 11) is -7.32. The molecular formula is C12H15FN2O4S2. The number of nitrogens with zero attached hydrogens (tertiary/aromatic N) is 1. The first-order valence-electron chi connectivity index (χ1n) is 6.16. The van der Waals surface area contributed by atoms with Crippen molar-refractivity contribution < 1.29 is 21.2 Å². The van der Waals surface area contributed by atoms with Crippen LogP contribution in [0.5, 0.6) is 0 Å². The van der Waals surface area contributed by atoms with Gasteiger partial charge in [0.05, 0.1) is 16.7 Å². The molecule has 0 amide bonds. The van der Waals surface area contributed by atoms with Crippen molar-refractivity contribution in [3.63, 3.8) is 0 Å². The molecule has 0 atom stereocenters. The summed E-state index contributed by atoms with van der Waals surface area (Å²) in [6.07, 6.45) is 1.17. The van der Waals surface area contributed by atoms with E-state index in [9.17, 15) is 21.2 Å². The van der Waals surface area contributed by atoms with E-state index in [1.54, 1.807) is 0 Å². The number of benzene rings is 1. The topological polar surface area (TPSA) is 99.2 Å². The fourth-order valence-corrected chi connectivity index (χ4v) is 3.58. The van der Waals surface area contributed by atoms with Crippen LogP contribution in [0.15, 0.2) is 29.3 Å². The number of primary sulfonamides is 1. The number of halogens is 1. The van der Waals surface area contributed by atoms with Gasteiger partial charge < -0.3 is 4.57 Å². The van der Waals surface area contributed by atoms with E-state index < -0.39 is 25.7 Å². The predicted molar refractivity (Wildman–Crippen MR) is 77.6 cm³/mol. The summed E-state index contributed by atoms with van der Waals surface area (Å²) in [5.74, 6) is -0.884. The Morgan fingerprint density at radius 2 is 1.90 bits per heavy atom. The standard InChI is InChI=1S/C12H15FN2O4S2/c1-2-20(16,17)7-6-15-8-11(21(14,18)19)12-9(13)4-3-5-10(12)15/h3-5,8H,2,6-7H2,1H3,(H2,14,18,19). The third kappa shape index (κ3) is 3.25. The van der Waals surface area contributed by atoms with Gasteiger partial charge >= 0.3 is 0 Å². The SMILES string of the molecule is CCS(=O)(=O)CCn1cc(S(N)(=O)=O)c2c(F)cccc21. The van der Waals surface area contributed by atoms with Crippen LogP contribution in [0.2, 0.25) is 0 Å². The van der Waals surface area contributed by atoms with Gasteiger partial charge in [-0.05, 0) is 12.1 Å². The molecule has 116 valence electrons. The largest absolute Gasteiger partial charge is 0.345 e. The number of hydrogen-bond donors (Lipinski definition) is 1. The Morgan fingerprint density at radius 3 is 2.48 bits per heavy atom. The fourth-order valence-electron chi connectivity index (χ4n) is 2.05. The summed E-state index contributed by atoms with van der Waals surface area (Å²) in [5.41, 5.74) is 0.297. The molecule has 0 aliphatic carbocycles. The van der Waals surface area contributed by atoms with Crippen LogP contribution in [0, 0.1) is 5.82 Å². The van der Waals surface area contributed by atoms with E-state index in [4.69, 9.17) is 5.14 Å². The van der Waals surface area contributed by atoms with Gasteiger partial charge in [0.25, 0.3) is 0 Å². The Balaban J connectivity index is 2.59. The van der Waals surface area contributed by atoms with Gasteiger partial charge in [-0.25, -0.2) is 26.4 Å². The predicted octanol–water partition coefficient (Wildman–Crippen LogP) is 0.862. The first-order chi connectivity index (χ1) is 9.65. The molecule has 0 aliphatic rings. The Morgan fingerprint density at radius 1 is 1.24 bits per heavy atom. The molecule has 0 saturated carbocycles. The van der Waals surface area contributed by atoms with E-state index in [1.165, 1.54) is 29.8 Å².